The van der Waals surface area contributed by atoms with Crippen molar-refractivity contribution in [1.29, 1.82) is 0 Å². The minimum absolute atomic E-state index is 0.0410. The normalized spacial score (nSPS) is 16.1. The number of carbonyl (C=O) groups excluding carboxylic acids is 2. The second-order valence-electron chi connectivity index (χ2n) is 10.7. The lowest BCUT2D eigenvalue weighted by molar-refractivity contribution is -0.139. The first kappa shape index (κ1) is 25.0. The number of aryl methyl sites for hydroxylation is 2. The molecule has 0 bridgehead atoms. The maximum atomic E-state index is 13.2. The van der Waals surface area contributed by atoms with Crippen molar-refractivity contribution in [2.24, 2.45) is 12.5 Å². The lowest BCUT2D eigenvalue weighted by atomic mass is 9.84. The number of likely N-dealkylation sites (tertiary alicyclic amines) is 1. The van der Waals surface area contributed by atoms with E-state index in [0.717, 1.165) is 41.3 Å². The van der Waals surface area contributed by atoms with E-state index in [1.54, 1.807) is 18.3 Å². The van der Waals surface area contributed by atoms with Gasteiger partial charge in [-0.15, -0.1) is 0 Å². The summed E-state index contributed by atoms with van der Waals surface area (Å²) >= 11 is 5.98. The van der Waals surface area contributed by atoms with Gasteiger partial charge in [0.15, 0.2) is 0 Å². The van der Waals surface area contributed by atoms with E-state index in [0.29, 0.717) is 29.5 Å². The van der Waals surface area contributed by atoms with Gasteiger partial charge < -0.3 is 19.7 Å². The highest BCUT2D eigenvalue weighted by atomic mass is 35.5. The molecule has 3 aromatic rings. The molecule has 192 valence electrons. The Kier molecular flexibility index (Phi) is 6.54. The van der Waals surface area contributed by atoms with Crippen molar-refractivity contribution in [3.63, 3.8) is 0 Å². The molecule has 0 aliphatic carbocycles. The number of nitrogens with one attached hydrogen (secondary N) is 1. The van der Waals surface area contributed by atoms with Crippen molar-refractivity contribution < 1.29 is 9.59 Å². The monoisotopic (exact) mass is 518 g/mol. The average molecular weight is 519 g/mol. The molecular formula is C28H31ClN6O2. The second kappa shape index (κ2) is 9.67. The smallest absolute Gasteiger partial charge is 0.249 e. The molecule has 1 N–H and O–H groups in total. The lowest BCUT2D eigenvalue weighted by Crippen LogP contribution is -2.58. The van der Waals surface area contributed by atoms with Crippen LogP contribution in [0.5, 0.6) is 0 Å². The summed E-state index contributed by atoms with van der Waals surface area (Å²) < 4.78 is 1.96. The first-order chi connectivity index (χ1) is 17.6. The molecule has 2 aliphatic heterocycles. The Labute approximate surface area is 222 Å². The highest BCUT2D eigenvalue weighted by Crippen LogP contribution is 2.32. The van der Waals surface area contributed by atoms with Crippen molar-refractivity contribution in [1.82, 2.24) is 24.8 Å². The fraction of sp³-hybridized carbons (Fsp3) is 0.357. The van der Waals surface area contributed by atoms with E-state index in [-0.39, 0.29) is 23.8 Å². The maximum absolute atomic E-state index is 13.2. The van der Waals surface area contributed by atoms with E-state index < -0.39 is 0 Å². The molecule has 0 saturated carbocycles. The standard InChI is InChI=1S/C28H31ClN6O2/c1-18-32-24(14-33(18)4)21-9-20-10-22(27(37)31-11-19-5-7-23(29)8-6-19)13-34(26(20)30-12-21)15-25(36)35-16-28(2,3)17-35/h5-10,12,14H,11,13,15-17H2,1-4H3,(H,31,37). The van der Waals surface area contributed by atoms with Gasteiger partial charge in [-0.3, -0.25) is 9.59 Å². The minimum Gasteiger partial charge on any atom is -0.348 e. The molecule has 0 unspecified atom stereocenters. The van der Waals surface area contributed by atoms with E-state index in [1.807, 2.05) is 58.8 Å². The van der Waals surface area contributed by atoms with Gasteiger partial charge in [0.1, 0.15) is 11.6 Å². The fourth-order valence-corrected chi connectivity index (χ4v) is 4.92. The zero-order valence-corrected chi connectivity index (χ0v) is 22.3. The van der Waals surface area contributed by atoms with E-state index in [2.05, 4.69) is 24.1 Å². The van der Waals surface area contributed by atoms with Crippen LogP contribution in [0.1, 0.15) is 30.8 Å². The molecular weight excluding hydrogens is 488 g/mol. The van der Waals surface area contributed by atoms with Crippen LogP contribution in [0.25, 0.3) is 17.3 Å². The quantitative estimate of drug-likeness (QED) is 0.536. The second-order valence-corrected chi connectivity index (χ2v) is 11.1. The highest BCUT2D eigenvalue weighted by Gasteiger charge is 2.38. The first-order valence-electron chi connectivity index (χ1n) is 12.3. The first-order valence-corrected chi connectivity index (χ1v) is 12.7. The molecule has 2 amide bonds. The number of fused-ring (bicyclic) bond motifs is 1. The molecule has 1 aromatic carbocycles. The number of nitrogens with zero attached hydrogens (tertiary/aromatic N) is 5. The average Bonchev–Trinajstić information content (AvgIpc) is 3.19. The number of pyridine rings is 1. The summed E-state index contributed by atoms with van der Waals surface area (Å²) in [6.07, 6.45) is 5.61. The van der Waals surface area contributed by atoms with Crippen LogP contribution in [-0.2, 0) is 23.2 Å². The van der Waals surface area contributed by atoms with Crippen molar-refractivity contribution >= 4 is 35.3 Å². The van der Waals surface area contributed by atoms with Gasteiger partial charge in [-0.05, 0) is 42.2 Å². The van der Waals surface area contributed by atoms with Crippen LogP contribution in [0.4, 0.5) is 5.82 Å². The summed E-state index contributed by atoms with van der Waals surface area (Å²) in [6, 6.07) is 9.36. The Morgan fingerprint density at radius 1 is 1.16 bits per heavy atom. The molecule has 9 heteroatoms. The summed E-state index contributed by atoms with van der Waals surface area (Å²) in [5.41, 5.74) is 4.15. The predicted molar refractivity (Wildman–Crippen MR) is 145 cm³/mol. The molecule has 0 atom stereocenters. The maximum Gasteiger partial charge on any atom is 0.249 e. The van der Waals surface area contributed by atoms with Crippen molar-refractivity contribution in [3.05, 3.63) is 70.3 Å². The van der Waals surface area contributed by atoms with Crippen LogP contribution in [0.3, 0.4) is 0 Å². The summed E-state index contributed by atoms with van der Waals surface area (Å²) in [5.74, 6) is 1.45. The van der Waals surface area contributed by atoms with Gasteiger partial charge >= 0.3 is 0 Å². The summed E-state index contributed by atoms with van der Waals surface area (Å²) in [4.78, 5) is 39.3. The fourth-order valence-electron chi connectivity index (χ4n) is 4.79. The third kappa shape index (κ3) is 5.39. The Bertz CT molecular complexity index is 1360. The number of aromatic nitrogens is 3. The number of imidazole rings is 1. The Morgan fingerprint density at radius 3 is 2.54 bits per heavy atom. The number of carbonyl (C=O) groups is 2. The van der Waals surface area contributed by atoms with Crippen LogP contribution in [0.15, 0.2) is 48.3 Å². The highest BCUT2D eigenvalue weighted by molar-refractivity contribution is 6.30. The topological polar surface area (TPSA) is 83.4 Å². The number of hydrogen-bond donors (Lipinski definition) is 1. The van der Waals surface area contributed by atoms with E-state index >= 15 is 0 Å². The third-order valence-electron chi connectivity index (χ3n) is 6.86. The summed E-state index contributed by atoms with van der Waals surface area (Å²) in [7, 11) is 1.95. The number of benzene rings is 1. The SMILES string of the molecule is Cc1nc(-c2cnc3c(c2)C=C(C(=O)NCc2ccc(Cl)cc2)CN3CC(=O)N2CC(C)(C)C2)cn1C. The molecule has 37 heavy (non-hydrogen) atoms. The minimum atomic E-state index is -0.179. The van der Waals surface area contributed by atoms with Gasteiger partial charge in [0.05, 0.1) is 18.8 Å². The van der Waals surface area contributed by atoms with Crippen LogP contribution >= 0.6 is 11.6 Å². The van der Waals surface area contributed by atoms with Crippen LogP contribution in [0.2, 0.25) is 5.02 Å². The molecule has 8 nitrogen and oxygen atoms in total. The Hall–Kier alpha value is -3.65. The number of amides is 2. The molecule has 0 radical (unpaired) electrons. The Morgan fingerprint density at radius 2 is 1.89 bits per heavy atom. The molecule has 2 aromatic heterocycles. The molecule has 1 saturated heterocycles. The number of rotatable bonds is 6. The van der Waals surface area contributed by atoms with Crippen molar-refractivity contribution in [3.8, 4) is 11.3 Å². The van der Waals surface area contributed by atoms with Gasteiger partial charge in [0, 0.05) is 60.8 Å². The summed E-state index contributed by atoms with van der Waals surface area (Å²) in [5, 5.41) is 3.65. The van der Waals surface area contributed by atoms with E-state index in [4.69, 9.17) is 16.6 Å². The van der Waals surface area contributed by atoms with Crippen LogP contribution < -0.4 is 10.2 Å². The van der Waals surface area contributed by atoms with Gasteiger partial charge in [-0.25, -0.2) is 9.97 Å². The third-order valence-corrected chi connectivity index (χ3v) is 7.12. The van der Waals surface area contributed by atoms with E-state index in [1.165, 1.54) is 0 Å². The molecule has 5 rings (SSSR count). The van der Waals surface area contributed by atoms with Crippen molar-refractivity contribution in [2.45, 2.75) is 27.3 Å². The zero-order valence-electron chi connectivity index (χ0n) is 21.6. The predicted octanol–water partition coefficient (Wildman–Crippen LogP) is 3.83. The van der Waals surface area contributed by atoms with Gasteiger partial charge in [0.2, 0.25) is 11.8 Å². The van der Waals surface area contributed by atoms with Gasteiger partial charge in [0.25, 0.3) is 0 Å². The molecule has 1 fully saturated rings. The van der Waals surface area contributed by atoms with Crippen LogP contribution in [-0.4, -0.2) is 57.4 Å². The largest absolute Gasteiger partial charge is 0.348 e. The molecule has 4 heterocycles. The molecule has 2 aliphatic rings. The zero-order chi connectivity index (χ0) is 26.3. The molecule has 0 spiro atoms. The van der Waals surface area contributed by atoms with Gasteiger partial charge in [-0.1, -0.05) is 37.6 Å². The van der Waals surface area contributed by atoms with Crippen LogP contribution in [0, 0.1) is 12.3 Å². The number of hydrogen-bond acceptors (Lipinski definition) is 5. The van der Waals surface area contributed by atoms with Gasteiger partial charge in [-0.2, -0.15) is 0 Å². The Balaban J connectivity index is 1.40. The van der Waals surface area contributed by atoms with E-state index in [9.17, 15) is 9.59 Å². The number of anilines is 1. The lowest BCUT2D eigenvalue weighted by Gasteiger charge is -2.46. The summed E-state index contributed by atoms with van der Waals surface area (Å²) in [6.45, 7) is 8.58. The number of halogens is 1. The van der Waals surface area contributed by atoms with Crippen molar-refractivity contribution in [2.75, 3.05) is 31.1 Å².